The van der Waals surface area contributed by atoms with E-state index in [-0.39, 0.29) is 10.6 Å². The summed E-state index contributed by atoms with van der Waals surface area (Å²) in [5.41, 5.74) is 2.55. The van der Waals surface area contributed by atoms with E-state index < -0.39 is 0 Å². The first-order valence-electron chi connectivity index (χ1n) is 6.70. The van der Waals surface area contributed by atoms with Crippen LogP contribution in [0.25, 0.3) is 0 Å². The molecule has 1 aromatic carbocycles. The minimum Gasteiger partial charge on any atom is -0.385 e. The third-order valence-electron chi connectivity index (χ3n) is 3.56. The Kier molecular flexibility index (Phi) is 4.20. The number of anilines is 1. The van der Waals surface area contributed by atoms with Crippen molar-refractivity contribution in [2.24, 2.45) is 11.8 Å². The zero-order chi connectivity index (χ0) is 13.8. The van der Waals surface area contributed by atoms with Crippen LogP contribution in [0.5, 0.6) is 0 Å². The van der Waals surface area contributed by atoms with Crippen LogP contribution < -0.4 is 5.32 Å². The summed E-state index contributed by atoms with van der Waals surface area (Å²) in [5.74, 6) is 1.30. The maximum absolute atomic E-state index is 10.6. The lowest BCUT2D eigenvalue weighted by Crippen LogP contribution is -2.20. The number of non-ortho nitro benzene ring substituents is 1. The number of hydrogen-bond donors (Lipinski definition) is 1. The van der Waals surface area contributed by atoms with E-state index in [1.54, 1.807) is 12.1 Å². The van der Waals surface area contributed by atoms with Crippen LogP contribution in [0.2, 0.25) is 0 Å². The maximum atomic E-state index is 10.6. The van der Waals surface area contributed by atoms with E-state index >= 15 is 0 Å². The molecule has 1 aliphatic rings. The summed E-state index contributed by atoms with van der Waals surface area (Å²) < 4.78 is 0. The van der Waals surface area contributed by atoms with Crippen LogP contribution in [0.3, 0.4) is 0 Å². The molecule has 2 rings (SSSR count). The topological polar surface area (TPSA) is 55.2 Å². The first-order chi connectivity index (χ1) is 9.04. The fourth-order valence-electron chi connectivity index (χ4n) is 2.80. The van der Waals surface area contributed by atoms with Crippen molar-refractivity contribution in [1.29, 1.82) is 0 Å². The smallest absolute Gasteiger partial charge is 0.269 e. The number of nitro benzene ring substituents is 1. The fraction of sp³-hybridized carbons (Fsp3) is 0.467. The Hall–Kier alpha value is -1.84. The highest BCUT2D eigenvalue weighted by atomic mass is 16.6. The summed E-state index contributed by atoms with van der Waals surface area (Å²) >= 11 is 0. The molecular weight excluding hydrogens is 240 g/mol. The Morgan fingerprint density at radius 2 is 2.05 bits per heavy atom. The monoisotopic (exact) mass is 260 g/mol. The molecular formula is C15H20N2O2. The first kappa shape index (κ1) is 13.6. The Morgan fingerprint density at radius 1 is 1.37 bits per heavy atom. The van der Waals surface area contributed by atoms with Crippen molar-refractivity contribution in [3.8, 4) is 0 Å². The normalized spacial score (nSPS) is 22.7. The Labute approximate surface area is 113 Å². The predicted octanol–water partition coefficient (Wildman–Crippen LogP) is 4.00. The summed E-state index contributed by atoms with van der Waals surface area (Å²) in [7, 11) is 0. The molecule has 102 valence electrons. The predicted molar refractivity (Wildman–Crippen MR) is 77.2 cm³/mol. The van der Waals surface area contributed by atoms with Gasteiger partial charge < -0.3 is 5.32 Å². The molecule has 1 N–H and O–H groups in total. The van der Waals surface area contributed by atoms with Gasteiger partial charge in [-0.15, -0.1) is 0 Å². The van der Waals surface area contributed by atoms with Crippen LogP contribution in [0.15, 0.2) is 35.9 Å². The molecule has 0 heterocycles. The van der Waals surface area contributed by atoms with Gasteiger partial charge in [0.2, 0.25) is 0 Å². The molecule has 0 spiro atoms. The third kappa shape index (κ3) is 3.81. The van der Waals surface area contributed by atoms with Crippen molar-refractivity contribution in [3.63, 3.8) is 0 Å². The Bertz CT molecular complexity index is 479. The van der Waals surface area contributed by atoms with Crippen LogP contribution in [0.4, 0.5) is 11.4 Å². The highest BCUT2D eigenvalue weighted by Gasteiger charge is 2.17. The van der Waals surface area contributed by atoms with E-state index in [1.165, 1.54) is 24.1 Å². The van der Waals surface area contributed by atoms with Gasteiger partial charge in [0, 0.05) is 24.4 Å². The summed E-state index contributed by atoms with van der Waals surface area (Å²) in [6, 6.07) is 6.62. The molecule has 2 unspecified atom stereocenters. The van der Waals surface area contributed by atoms with Gasteiger partial charge in [-0.1, -0.05) is 18.6 Å². The van der Waals surface area contributed by atoms with Crippen molar-refractivity contribution in [2.75, 3.05) is 11.9 Å². The molecule has 19 heavy (non-hydrogen) atoms. The van der Waals surface area contributed by atoms with Gasteiger partial charge in [-0.25, -0.2) is 0 Å². The maximum Gasteiger partial charge on any atom is 0.269 e. The fourth-order valence-corrected chi connectivity index (χ4v) is 2.80. The second-order valence-corrected chi connectivity index (χ2v) is 5.48. The Balaban J connectivity index is 1.89. The van der Waals surface area contributed by atoms with Crippen molar-refractivity contribution < 1.29 is 4.92 Å². The minimum atomic E-state index is -0.374. The molecule has 1 aromatic rings. The van der Waals surface area contributed by atoms with Crippen LogP contribution in [0, 0.1) is 22.0 Å². The number of allylic oxidation sites excluding steroid dienone is 2. The Morgan fingerprint density at radius 3 is 2.63 bits per heavy atom. The molecule has 0 fully saturated rings. The zero-order valence-electron chi connectivity index (χ0n) is 11.4. The van der Waals surface area contributed by atoms with Gasteiger partial charge in [0.1, 0.15) is 0 Å². The van der Waals surface area contributed by atoms with Crippen molar-refractivity contribution in [2.45, 2.75) is 26.7 Å². The number of rotatable bonds is 4. The third-order valence-corrected chi connectivity index (χ3v) is 3.56. The molecule has 0 aromatic heterocycles. The van der Waals surface area contributed by atoms with Gasteiger partial charge in [-0.3, -0.25) is 10.1 Å². The molecule has 2 atom stereocenters. The van der Waals surface area contributed by atoms with E-state index in [2.05, 4.69) is 25.2 Å². The number of nitrogens with one attached hydrogen (secondary N) is 1. The zero-order valence-corrected chi connectivity index (χ0v) is 11.4. The van der Waals surface area contributed by atoms with Crippen LogP contribution in [-0.4, -0.2) is 11.5 Å². The minimum absolute atomic E-state index is 0.135. The SMILES string of the molecule is CC1=CC(C)CC(CNc2ccc([N+](=O)[O-])cc2)C1. The molecule has 0 aliphatic heterocycles. The van der Waals surface area contributed by atoms with Gasteiger partial charge in [0.05, 0.1) is 4.92 Å². The second-order valence-electron chi connectivity index (χ2n) is 5.48. The molecule has 4 heteroatoms. The van der Waals surface area contributed by atoms with E-state index in [9.17, 15) is 10.1 Å². The lowest BCUT2D eigenvalue weighted by molar-refractivity contribution is -0.384. The number of nitrogens with zero attached hydrogens (tertiary/aromatic N) is 1. The van der Waals surface area contributed by atoms with Gasteiger partial charge in [-0.05, 0) is 43.7 Å². The molecule has 0 radical (unpaired) electrons. The van der Waals surface area contributed by atoms with Crippen molar-refractivity contribution in [3.05, 3.63) is 46.0 Å². The standard InChI is InChI=1S/C15H20N2O2/c1-11-7-12(2)9-13(8-11)10-16-14-3-5-15(6-4-14)17(18)19/h3-7,11,13,16H,8-10H2,1-2H3. The van der Waals surface area contributed by atoms with Crippen molar-refractivity contribution in [1.82, 2.24) is 0 Å². The second kappa shape index (κ2) is 5.87. The highest BCUT2D eigenvalue weighted by molar-refractivity contribution is 5.48. The molecule has 0 saturated carbocycles. The van der Waals surface area contributed by atoms with E-state index in [1.807, 2.05) is 0 Å². The van der Waals surface area contributed by atoms with Crippen LogP contribution >= 0.6 is 0 Å². The van der Waals surface area contributed by atoms with Crippen molar-refractivity contribution >= 4 is 11.4 Å². The summed E-state index contributed by atoms with van der Waals surface area (Å²) in [4.78, 5) is 10.2. The summed E-state index contributed by atoms with van der Waals surface area (Å²) in [5, 5.41) is 13.9. The van der Waals surface area contributed by atoms with Crippen LogP contribution in [-0.2, 0) is 0 Å². The number of hydrogen-bond acceptors (Lipinski definition) is 3. The lowest BCUT2D eigenvalue weighted by Gasteiger charge is -2.25. The molecule has 0 bridgehead atoms. The quantitative estimate of drug-likeness (QED) is 0.505. The van der Waals surface area contributed by atoms with E-state index in [0.717, 1.165) is 18.7 Å². The lowest BCUT2D eigenvalue weighted by atomic mass is 9.84. The average Bonchev–Trinajstić information content (AvgIpc) is 2.36. The highest BCUT2D eigenvalue weighted by Crippen LogP contribution is 2.28. The van der Waals surface area contributed by atoms with E-state index in [4.69, 9.17) is 0 Å². The molecule has 0 saturated heterocycles. The van der Waals surface area contributed by atoms with Gasteiger partial charge in [-0.2, -0.15) is 0 Å². The molecule has 4 nitrogen and oxygen atoms in total. The number of benzene rings is 1. The summed E-state index contributed by atoms with van der Waals surface area (Å²) in [6.45, 7) is 5.36. The summed E-state index contributed by atoms with van der Waals surface area (Å²) in [6.07, 6.45) is 4.70. The van der Waals surface area contributed by atoms with Gasteiger partial charge >= 0.3 is 0 Å². The average molecular weight is 260 g/mol. The first-order valence-corrected chi connectivity index (χ1v) is 6.70. The van der Waals surface area contributed by atoms with Crippen LogP contribution in [0.1, 0.15) is 26.7 Å². The molecule has 1 aliphatic carbocycles. The van der Waals surface area contributed by atoms with E-state index in [0.29, 0.717) is 11.8 Å². The molecule has 0 amide bonds. The largest absolute Gasteiger partial charge is 0.385 e. The van der Waals surface area contributed by atoms with Gasteiger partial charge in [0.25, 0.3) is 5.69 Å². The van der Waals surface area contributed by atoms with Gasteiger partial charge in [0.15, 0.2) is 0 Å². The number of nitro groups is 1.